The Hall–Kier alpha value is -2.02. The lowest BCUT2D eigenvalue weighted by Crippen LogP contribution is -2.50. The monoisotopic (exact) mass is 441 g/mol. The molecule has 168 valence electrons. The molecule has 1 saturated heterocycles. The van der Waals surface area contributed by atoms with E-state index in [1.807, 2.05) is 20.8 Å². The maximum Gasteiger partial charge on any atom is 0.410 e. The molecule has 0 aromatic carbocycles. The minimum absolute atomic E-state index is 0.0752. The van der Waals surface area contributed by atoms with Gasteiger partial charge in [0.05, 0.1) is 20.1 Å². The van der Waals surface area contributed by atoms with E-state index in [0.717, 1.165) is 0 Å². The summed E-state index contributed by atoms with van der Waals surface area (Å²) in [5.74, 6) is -1.12. The molecule has 1 fully saturated rings. The average Bonchev–Trinajstić information content (AvgIpc) is 2.69. The highest BCUT2D eigenvalue weighted by Gasteiger charge is 2.38. The van der Waals surface area contributed by atoms with Gasteiger partial charge in [-0.2, -0.15) is 0 Å². The van der Waals surface area contributed by atoms with Crippen molar-refractivity contribution >= 4 is 29.6 Å². The van der Waals surface area contributed by atoms with Crippen LogP contribution in [0.4, 0.5) is 4.79 Å². The molecule has 30 heavy (non-hydrogen) atoms. The number of carbonyl (C=O) groups is 3. The first kappa shape index (κ1) is 24.3. The molecule has 0 N–H and O–H groups in total. The van der Waals surface area contributed by atoms with Crippen LogP contribution in [0.25, 0.3) is 0 Å². The standard InChI is InChI=1S/C22H32ClNO6/c1-22(2,3)30-21(27)24-13-15(19(25)28-4)7-10-17(24)9-6-14-12-16(23)8-11-18(14)20(26)29-5/h8,11,14-15,17H,6-7,9-10,12-13H2,1-5H3. The first-order chi connectivity index (χ1) is 14.1. The van der Waals surface area contributed by atoms with Gasteiger partial charge in [0, 0.05) is 23.2 Å². The maximum atomic E-state index is 12.8. The zero-order valence-electron chi connectivity index (χ0n) is 18.4. The molecule has 1 aliphatic carbocycles. The van der Waals surface area contributed by atoms with Crippen LogP contribution in [0.5, 0.6) is 0 Å². The first-order valence-electron chi connectivity index (χ1n) is 10.3. The Morgan fingerprint density at radius 3 is 2.40 bits per heavy atom. The van der Waals surface area contributed by atoms with Crippen LogP contribution < -0.4 is 0 Å². The van der Waals surface area contributed by atoms with Gasteiger partial charge in [0.2, 0.25) is 0 Å². The Kier molecular flexibility index (Phi) is 8.35. The Balaban J connectivity index is 2.12. The lowest BCUT2D eigenvalue weighted by atomic mass is 9.83. The summed E-state index contributed by atoms with van der Waals surface area (Å²) in [7, 11) is 2.71. The third kappa shape index (κ3) is 6.49. The molecule has 2 aliphatic rings. The topological polar surface area (TPSA) is 82.1 Å². The Morgan fingerprint density at radius 2 is 1.80 bits per heavy atom. The number of methoxy groups -OCH3 is 2. The highest BCUT2D eigenvalue weighted by molar-refractivity contribution is 6.29. The van der Waals surface area contributed by atoms with E-state index in [4.69, 9.17) is 25.8 Å². The van der Waals surface area contributed by atoms with Crippen molar-refractivity contribution in [1.29, 1.82) is 0 Å². The molecule has 1 amide bonds. The van der Waals surface area contributed by atoms with Gasteiger partial charge in [-0.15, -0.1) is 0 Å². The lowest BCUT2D eigenvalue weighted by Gasteiger charge is -2.40. The van der Waals surface area contributed by atoms with E-state index in [1.165, 1.54) is 14.2 Å². The van der Waals surface area contributed by atoms with E-state index in [2.05, 4.69) is 0 Å². The number of esters is 2. The van der Waals surface area contributed by atoms with Crippen molar-refractivity contribution in [3.63, 3.8) is 0 Å². The third-order valence-electron chi connectivity index (χ3n) is 5.46. The fourth-order valence-corrected chi connectivity index (χ4v) is 4.21. The van der Waals surface area contributed by atoms with Gasteiger partial charge in [0.25, 0.3) is 0 Å². The quantitative estimate of drug-likeness (QED) is 0.469. The zero-order valence-corrected chi connectivity index (χ0v) is 19.2. The van der Waals surface area contributed by atoms with E-state index in [0.29, 0.717) is 42.7 Å². The molecule has 0 spiro atoms. The summed E-state index contributed by atoms with van der Waals surface area (Å²) in [4.78, 5) is 38.6. The number of carbonyl (C=O) groups excluding carboxylic acids is 3. The molecule has 2 rings (SSSR count). The Bertz CT molecular complexity index is 724. The smallest absolute Gasteiger partial charge is 0.410 e. The summed E-state index contributed by atoms with van der Waals surface area (Å²) in [5.41, 5.74) is -0.0449. The normalized spacial score (nSPS) is 24.5. The van der Waals surface area contributed by atoms with Gasteiger partial charge in [0.1, 0.15) is 5.60 Å². The van der Waals surface area contributed by atoms with Crippen LogP contribution >= 0.6 is 11.6 Å². The SMILES string of the molecule is COC(=O)C1=CC=C(Cl)CC1CCC1CCC(C(=O)OC)CN1C(=O)OC(C)(C)C. The second-order valence-corrected chi connectivity index (χ2v) is 9.27. The molecule has 1 heterocycles. The van der Waals surface area contributed by atoms with Crippen molar-refractivity contribution < 1.29 is 28.6 Å². The second-order valence-electron chi connectivity index (χ2n) is 8.79. The molecule has 7 nitrogen and oxygen atoms in total. The Labute approximate surface area is 183 Å². The summed E-state index contributed by atoms with van der Waals surface area (Å²) >= 11 is 6.20. The number of halogens is 1. The zero-order chi connectivity index (χ0) is 22.5. The van der Waals surface area contributed by atoms with Gasteiger partial charge in [-0.1, -0.05) is 17.7 Å². The van der Waals surface area contributed by atoms with Crippen LogP contribution in [0.3, 0.4) is 0 Å². The summed E-state index contributed by atoms with van der Waals surface area (Å²) in [6.07, 6.45) is 6.18. The van der Waals surface area contributed by atoms with E-state index >= 15 is 0 Å². The second kappa shape index (κ2) is 10.3. The molecule has 3 atom stereocenters. The van der Waals surface area contributed by atoms with Crippen LogP contribution in [0.1, 0.15) is 52.9 Å². The number of likely N-dealkylation sites (tertiary alicyclic amines) is 1. The number of amides is 1. The largest absolute Gasteiger partial charge is 0.469 e. The molecule has 0 aromatic rings. The molecule has 8 heteroatoms. The molecule has 0 radical (unpaired) electrons. The van der Waals surface area contributed by atoms with Crippen LogP contribution in [0.2, 0.25) is 0 Å². The predicted molar refractivity (Wildman–Crippen MR) is 113 cm³/mol. The fraction of sp³-hybridized carbons (Fsp3) is 0.682. The number of nitrogens with zero attached hydrogens (tertiary/aromatic N) is 1. The first-order valence-corrected chi connectivity index (χ1v) is 10.7. The molecular formula is C22H32ClNO6. The summed E-state index contributed by atoms with van der Waals surface area (Å²) in [6, 6.07) is -0.0932. The number of piperidine rings is 1. The van der Waals surface area contributed by atoms with Gasteiger partial charge < -0.3 is 19.1 Å². The van der Waals surface area contributed by atoms with Crippen molar-refractivity contribution in [1.82, 2.24) is 4.90 Å². The van der Waals surface area contributed by atoms with Crippen molar-refractivity contribution in [3.05, 3.63) is 22.8 Å². The van der Waals surface area contributed by atoms with Crippen LogP contribution in [-0.2, 0) is 23.8 Å². The number of hydrogen-bond acceptors (Lipinski definition) is 6. The van der Waals surface area contributed by atoms with Crippen molar-refractivity contribution in [2.24, 2.45) is 11.8 Å². The number of allylic oxidation sites excluding steroid dienone is 3. The van der Waals surface area contributed by atoms with Gasteiger partial charge in [-0.05, 0) is 64.9 Å². The number of ether oxygens (including phenoxy) is 3. The molecule has 1 aliphatic heterocycles. The van der Waals surface area contributed by atoms with Crippen LogP contribution in [-0.4, -0.2) is 55.3 Å². The van der Waals surface area contributed by atoms with Crippen molar-refractivity contribution in [2.45, 2.75) is 64.5 Å². The van der Waals surface area contributed by atoms with Gasteiger partial charge in [-0.3, -0.25) is 4.79 Å². The van der Waals surface area contributed by atoms with Crippen molar-refractivity contribution in [2.75, 3.05) is 20.8 Å². The number of hydrogen-bond donors (Lipinski definition) is 0. The Morgan fingerprint density at radius 1 is 1.10 bits per heavy atom. The average molecular weight is 442 g/mol. The van der Waals surface area contributed by atoms with Crippen molar-refractivity contribution in [3.8, 4) is 0 Å². The van der Waals surface area contributed by atoms with Gasteiger partial charge >= 0.3 is 18.0 Å². The van der Waals surface area contributed by atoms with Crippen LogP contribution in [0, 0.1) is 11.8 Å². The molecular weight excluding hydrogens is 410 g/mol. The summed E-state index contributed by atoms with van der Waals surface area (Å²) < 4.78 is 15.3. The van der Waals surface area contributed by atoms with E-state index in [9.17, 15) is 14.4 Å². The van der Waals surface area contributed by atoms with Gasteiger partial charge in [-0.25, -0.2) is 9.59 Å². The summed E-state index contributed by atoms with van der Waals surface area (Å²) in [6.45, 7) is 5.69. The summed E-state index contributed by atoms with van der Waals surface area (Å²) in [5, 5.41) is 0.686. The third-order valence-corrected chi connectivity index (χ3v) is 5.74. The van der Waals surface area contributed by atoms with E-state index in [-0.39, 0.29) is 36.4 Å². The number of rotatable bonds is 5. The maximum absolute atomic E-state index is 12.8. The molecule has 3 unspecified atom stereocenters. The highest BCUT2D eigenvalue weighted by atomic mass is 35.5. The highest BCUT2D eigenvalue weighted by Crippen LogP contribution is 2.35. The fourth-order valence-electron chi connectivity index (χ4n) is 3.96. The predicted octanol–water partition coefficient (Wildman–Crippen LogP) is 4.20. The lowest BCUT2D eigenvalue weighted by molar-refractivity contribution is -0.147. The van der Waals surface area contributed by atoms with Gasteiger partial charge in [0.15, 0.2) is 0 Å². The van der Waals surface area contributed by atoms with Crippen LogP contribution in [0.15, 0.2) is 22.8 Å². The minimum atomic E-state index is -0.637. The van der Waals surface area contributed by atoms with E-state index < -0.39 is 11.7 Å². The molecule has 0 bridgehead atoms. The molecule has 0 aromatic heterocycles. The molecule has 0 saturated carbocycles. The van der Waals surface area contributed by atoms with E-state index in [1.54, 1.807) is 17.1 Å². The minimum Gasteiger partial charge on any atom is -0.469 e.